The molecule has 82 heavy (non-hydrogen) atoms. The van der Waals surface area contributed by atoms with Gasteiger partial charge in [-0.15, -0.1) is 0 Å². The number of Topliss-reactive ketones (excluding diaryl/α,β-unsaturated/α-hetero) is 3. The molecule has 1 aliphatic rings. The second-order valence-electron chi connectivity index (χ2n) is 26.3. The van der Waals surface area contributed by atoms with E-state index in [0.29, 0.717) is 30.6 Å². The van der Waals surface area contributed by atoms with Crippen molar-refractivity contribution >= 4 is 52.8 Å². The Kier molecular flexibility index (Phi) is 31.2. The van der Waals surface area contributed by atoms with E-state index < -0.39 is 124 Å². The SMILES string of the molecule is CCCCCCCCCCCCCC(=O)C[C@@H](CC(C)C)C(=O)N[C@H](C(=O)N1CCC[C@@H]1C(=O)N[C@H](C(=O)C[C@@H](C)C(=O)N[C@@H](Cc1ccc(OC(C)(C)C)cc1)C(=O)NC(C)C(=O)C(=O)NC)C(C)OC(C)(C)C)C(C)OC(C)(C)C. The van der Waals surface area contributed by atoms with Crippen molar-refractivity contribution in [3.8, 4) is 5.75 Å². The minimum absolute atomic E-state index is 0.0130. The maximum atomic E-state index is 14.9. The molecule has 0 aliphatic carbocycles. The Balaban J connectivity index is 2.36. The average molecular weight is 1150 g/mol. The molecule has 0 aromatic heterocycles. The second kappa shape index (κ2) is 35.2. The van der Waals surface area contributed by atoms with Crippen molar-refractivity contribution in [2.24, 2.45) is 17.8 Å². The minimum atomic E-state index is -1.29. The predicted octanol–water partition coefficient (Wildman–Crippen LogP) is 9.00. The van der Waals surface area contributed by atoms with Crippen molar-refractivity contribution in [1.29, 1.82) is 0 Å². The third-order valence-electron chi connectivity index (χ3n) is 14.3. The van der Waals surface area contributed by atoms with Gasteiger partial charge in [0.05, 0.1) is 29.5 Å². The van der Waals surface area contributed by atoms with E-state index in [-0.39, 0.29) is 37.5 Å². The van der Waals surface area contributed by atoms with E-state index in [9.17, 15) is 43.2 Å². The van der Waals surface area contributed by atoms with E-state index in [0.717, 1.165) is 25.7 Å². The molecule has 9 atom stereocenters. The first-order valence-corrected chi connectivity index (χ1v) is 30.6. The summed E-state index contributed by atoms with van der Waals surface area (Å²) in [5.41, 5.74) is -1.31. The van der Waals surface area contributed by atoms with Crippen molar-refractivity contribution in [3.63, 3.8) is 0 Å². The quantitative estimate of drug-likeness (QED) is 0.0310. The topological polar surface area (TPSA) is 245 Å². The molecule has 0 saturated carbocycles. The Morgan fingerprint density at radius 2 is 1.16 bits per heavy atom. The molecule has 0 spiro atoms. The summed E-state index contributed by atoms with van der Waals surface area (Å²) >= 11 is 0. The molecule has 0 bridgehead atoms. The largest absolute Gasteiger partial charge is 0.488 e. The van der Waals surface area contributed by atoms with Crippen molar-refractivity contribution in [3.05, 3.63) is 29.8 Å². The number of ketones is 3. The molecule has 5 N–H and O–H groups in total. The first-order valence-electron chi connectivity index (χ1n) is 30.6. The van der Waals surface area contributed by atoms with Crippen LogP contribution < -0.4 is 31.3 Å². The van der Waals surface area contributed by atoms with Gasteiger partial charge in [0.15, 0.2) is 5.78 Å². The number of nitrogens with zero attached hydrogens (tertiary/aromatic N) is 1. The van der Waals surface area contributed by atoms with E-state index in [1.54, 1.807) is 58.9 Å². The molecule has 1 fully saturated rings. The molecule has 1 aliphatic heterocycles. The highest BCUT2D eigenvalue weighted by Gasteiger charge is 2.43. The van der Waals surface area contributed by atoms with E-state index in [1.807, 2.05) is 55.4 Å². The Morgan fingerprint density at radius 3 is 1.67 bits per heavy atom. The number of hydrogen-bond donors (Lipinski definition) is 5. The van der Waals surface area contributed by atoms with Gasteiger partial charge in [-0.05, 0) is 132 Å². The molecule has 1 aromatic carbocycles. The monoisotopic (exact) mass is 1150 g/mol. The van der Waals surface area contributed by atoms with Gasteiger partial charge in [-0.2, -0.15) is 0 Å². The summed E-state index contributed by atoms with van der Waals surface area (Å²) in [6.07, 6.45) is 12.2. The van der Waals surface area contributed by atoms with Crippen LogP contribution in [0.15, 0.2) is 24.3 Å². The van der Waals surface area contributed by atoms with E-state index in [2.05, 4.69) is 33.5 Å². The zero-order chi connectivity index (χ0) is 62.1. The van der Waals surface area contributed by atoms with E-state index in [1.165, 1.54) is 70.7 Å². The zero-order valence-corrected chi connectivity index (χ0v) is 53.4. The Bertz CT molecular complexity index is 2210. The van der Waals surface area contributed by atoms with Gasteiger partial charge < -0.3 is 45.7 Å². The molecule has 466 valence electrons. The van der Waals surface area contributed by atoms with Crippen LogP contribution in [-0.4, -0.2) is 131 Å². The van der Waals surface area contributed by atoms with Gasteiger partial charge in [-0.1, -0.05) is 104 Å². The normalized spacial score (nSPS) is 16.9. The first kappa shape index (κ1) is 72.9. The van der Waals surface area contributed by atoms with E-state index >= 15 is 0 Å². The van der Waals surface area contributed by atoms with Gasteiger partial charge in [-0.25, -0.2) is 0 Å². The van der Waals surface area contributed by atoms with Crippen LogP contribution in [0.2, 0.25) is 0 Å². The number of ether oxygens (including phenoxy) is 3. The minimum Gasteiger partial charge on any atom is -0.488 e. The fourth-order valence-electron chi connectivity index (χ4n) is 10.3. The molecule has 6 amide bonds. The first-order chi connectivity index (χ1) is 38.2. The molecule has 2 rings (SSSR count). The molecule has 1 saturated heterocycles. The number of unbranched alkanes of at least 4 members (excludes halogenated alkanes) is 10. The lowest BCUT2D eigenvalue weighted by atomic mass is 9.90. The van der Waals surface area contributed by atoms with Gasteiger partial charge in [-0.3, -0.25) is 43.2 Å². The summed E-state index contributed by atoms with van der Waals surface area (Å²) in [5, 5.41) is 13.4. The zero-order valence-electron chi connectivity index (χ0n) is 53.4. The third-order valence-corrected chi connectivity index (χ3v) is 14.3. The fraction of sp³-hybridized carbons (Fsp3) is 0.766. The summed E-state index contributed by atoms with van der Waals surface area (Å²) in [4.78, 5) is 126. The molecule has 3 unspecified atom stereocenters. The number of likely N-dealkylation sites (N-methyl/N-ethyl adjacent to an activating group) is 1. The highest BCUT2D eigenvalue weighted by Crippen LogP contribution is 2.26. The summed E-state index contributed by atoms with van der Waals surface area (Å²) in [6.45, 7) is 29.3. The highest BCUT2D eigenvalue weighted by molar-refractivity contribution is 6.38. The molecule has 1 heterocycles. The van der Waals surface area contributed by atoms with Crippen LogP contribution in [0.4, 0.5) is 0 Å². The van der Waals surface area contributed by atoms with Crippen LogP contribution in [0.25, 0.3) is 0 Å². The molecular weight excluding hydrogens is 1040 g/mol. The van der Waals surface area contributed by atoms with Crippen LogP contribution in [0.5, 0.6) is 5.75 Å². The number of benzene rings is 1. The average Bonchev–Trinajstić information content (AvgIpc) is 3.98. The second-order valence-corrected chi connectivity index (χ2v) is 26.3. The Labute approximate surface area is 492 Å². The standard InChI is InChI=1S/C64H108N6O12/c1-18-19-20-21-22-23-24-25-26-27-28-30-48(71)40-47(37-41(2)3)57(75)69-54(45(7)81-63(11,12)13)61(79)70-36-29-31-51(70)59(77)68-53(44(6)80-62(8,9)10)52(72)38-42(4)56(74)67-50(58(76)66-43(5)55(73)60(78)65-17)39-46-32-34-49(35-33-46)82-64(14,15)16/h32-35,41-45,47,50-51,53-54H,18-31,36-40H2,1-17H3,(H,65,78)(H,66,76)(H,67,74)(H,68,77)(H,69,75)/t42-,43?,44?,45?,47-,50+,51-,53+,54+/m1/s1. The number of hydrogen-bond acceptors (Lipinski definition) is 12. The number of carbonyl (C=O) groups is 9. The summed E-state index contributed by atoms with van der Waals surface area (Å²) in [7, 11) is 1.30. The highest BCUT2D eigenvalue weighted by atomic mass is 16.5. The number of nitrogens with one attached hydrogen (secondary N) is 5. The van der Waals surface area contributed by atoms with Gasteiger partial charge in [0, 0.05) is 51.1 Å². The van der Waals surface area contributed by atoms with Crippen LogP contribution in [0.1, 0.15) is 225 Å². The van der Waals surface area contributed by atoms with Gasteiger partial charge in [0.25, 0.3) is 5.91 Å². The number of carbonyl (C=O) groups excluding carboxylic acids is 9. The maximum absolute atomic E-state index is 14.9. The van der Waals surface area contributed by atoms with Crippen molar-refractivity contribution < 1.29 is 57.4 Å². The third kappa shape index (κ3) is 27.9. The Morgan fingerprint density at radius 1 is 0.622 bits per heavy atom. The molecule has 18 heteroatoms. The van der Waals surface area contributed by atoms with Gasteiger partial charge >= 0.3 is 0 Å². The van der Waals surface area contributed by atoms with Crippen LogP contribution in [0, 0.1) is 17.8 Å². The number of rotatable bonds is 37. The molecule has 0 radical (unpaired) electrons. The summed E-state index contributed by atoms with van der Waals surface area (Å²) in [5.74, 6) is -6.37. The Hall–Kier alpha value is -5.23. The lowest BCUT2D eigenvalue weighted by molar-refractivity contribution is -0.150. The molecule has 1 aromatic rings. The van der Waals surface area contributed by atoms with Gasteiger partial charge in [0.1, 0.15) is 41.3 Å². The van der Waals surface area contributed by atoms with E-state index in [4.69, 9.17) is 14.2 Å². The lowest BCUT2D eigenvalue weighted by Crippen LogP contribution is -2.60. The van der Waals surface area contributed by atoms with Crippen molar-refractivity contribution in [2.45, 2.75) is 286 Å². The van der Waals surface area contributed by atoms with Crippen LogP contribution in [0.3, 0.4) is 0 Å². The fourth-order valence-corrected chi connectivity index (χ4v) is 10.3. The van der Waals surface area contributed by atoms with Gasteiger partial charge in [0.2, 0.25) is 35.3 Å². The number of amides is 6. The number of likely N-dealkylation sites (tertiary alicyclic amines) is 1. The maximum Gasteiger partial charge on any atom is 0.289 e. The lowest BCUT2D eigenvalue weighted by Gasteiger charge is -2.36. The predicted molar refractivity (Wildman–Crippen MR) is 321 cm³/mol. The smallest absolute Gasteiger partial charge is 0.289 e. The van der Waals surface area contributed by atoms with Crippen LogP contribution >= 0.6 is 0 Å². The van der Waals surface area contributed by atoms with Crippen molar-refractivity contribution in [2.75, 3.05) is 13.6 Å². The van der Waals surface area contributed by atoms with Crippen LogP contribution in [-0.2, 0) is 59.0 Å². The molecule has 18 nitrogen and oxygen atoms in total. The molecular formula is C64H108N6O12. The van der Waals surface area contributed by atoms with Crippen molar-refractivity contribution in [1.82, 2.24) is 31.5 Å². The summed E-state index contributed by atoms with van der Waals surface area (Å²) in [6, 6.07) is 0.931. The summed E-state index contributed by atoms with van der Waals surface area (Å²) < 4.78 is 18.5.